The number of anilines is 2. The molecule has 0 radical (unpaired) electrons. The van der Waals surface area contributed by atoms with E-state index in [0.717, 1.165) is 21.6 Å². The summed E-state index contributed by atoms with van der Waals surface area (Å²) in [5.74, 6) is 0.595. The third-order valence-corrected chi connectivity index (χ3v) is 7.43. The van der Waals surface area contributed by atoms with Crippen LogP contribution < -0.4 is 5.32 Å². The van der Waals surface area contributed by atoms with Crippen LogP contribution in [-0.4, -0.2) is 44.5 Å². The minimum absolute atomic E-state index is 0.266. The summed E-state index contributed by atoms with van der Waals surface area (Å²) in [6.45, 7) is 4.09. The Bertz CT molecular complexity index is 1030. The topological polar surface area (TPSA) is 101 Å². The Morgan fingerprint density at radius 2 is 2.12 bits per heavy atom. The van der Waals surface area contributed by atoms with Crippen LogP contribution in [0.3, 0.4) is 0 Å². The third kappa shape index (κ3) is 3.04. The fourth-order valence-corrected chi connectivity index (χ4v) is 4.92. The number of fused-ring (bicyclic) bond motifs is 2. The van der Waals surface area contributed by atoms with Gasteiger partial charge in [0.25, 0.3) is 0 Å². The molecule has 0 unspecified atom stereocenters. The predicted molar refractivity (Wildman–Crippen MR) is 101 cm³/mol. The van der Waals surface area contributed by atoms with Gasteiger partial charge < -0.3 is 5.32 Å². The molecule has 0 saturated carbocycles. The molecular weight excluding hydrogens is 372 g/mol. The first-order valence-electron chi connectivity index (χ1n) is 8.25. The number of hydrogen-bond donors (Lipinski definition) is 1. The maximum absolute atomic E-state index is 12.5. The number of rotatable bonds is 4. The van der Waals surface area contributed by atoms with Crippen molar-refractivity contribution in [1.82, 2.24) is 24.2 Å². The van der Waals surface area contributed by atoms with Gasteiger partial charge in [0.2, 0.25) is 10.0 Å². The Balaban J connectivity index is 1.67. The van der Waals surface area contributed by atoms with E-state index in [1.165, 1.54) is 22.0 Å². The van der Waals surface area contributed by atoms with Crippen LogP contribution in [0.5, 0.6) is 0 Å². The molecule has 0 saturated heterocycles. The zero-order valence-corrected chi connectivity index (χ0v) is 16.0. The molecule has 3 aromatic rings. The molecule has 26 heavy (non-hydrogen) atoms. The van der Waals surface area contributed by atoms with Gasteiger partial charge in [0.15, 0.2) is 5.13 Å². The highest BCUT2D eigenvalue weighted by Crippen LogP contribution is 2.30. The average molecular weight is 390 g/mol. The molecule has 136 valence electrons. The molecule has 4 rings (SSSR count). The minimum atomic E-state index is -3.33. The lowest BCUT2D eigenvalue weighted by atomic mass is 10.1. The van der Waals surface area contributed by atoms with E-state index < -0.39 is 15.3 Å². The van der Waals surface area contributed by atoms with Gasteiger partial charge in [-0.3, -0.25) is 0 Å². The number of pyridine rings is 1. The van der Waals surface area contributed by atoms with Crippen LogP contribution in [0.2, 0.25) is 0 Å². The van der Waals surface area contributed by atoms with Gasteiger partial charge in [0.1, 0.15) is 22.5 Å². The average Bonchev–Trinajstić information content (AvgIpc) is 3.03. The molecule has 0 spiro atoms. The first-order chi connectivity index (χ1) is 12.4. The van der Waals surface area contributed by atoms with E-state index in [-0.39, 0.29) is 6.54 Å². The van der Waals surface area contributed by atoms with Crippen molar-refractivity contribution in [2.24, 2.45) is 0 Å². The van der Waals surface area contributed by atoms with Crippen LogP contribution in [0, 0.1) is 0 Å². The predicted octanol–water partition coefficient (Wildman–Crippen LogP) is 2.32. The molecule has 0 aromatic carbocycles. The van der Waals surface area contributed by atoms with E-state index in [4.69, 9.17) is 0 Å². The Morgan fingerprint density at radius 3 is 2.88 bits per heavy atom. The molecule has 8 nitrogen and oxygen atoms in total. The van der Waals surface area contributed by atoms with Gasteiger partial charge in [0.05, 0.1) is 10.9 Å². The number of aromatic nitrogens is 4. The first kappa shape index (κ1) is 17.3. The van der Waals surface area contributed by atoms with Gasteiger partial charge in [-0.1, -0.05) is 11.3 Å². The molecule has 0 aliphatic carbocycles. The summed E-state index contributed by atoms with van der Waals surface area (Å²) in [6.07, 6.45) is 3.80. The molecule has 1 N–H and O–H groups in total. The number of nitrogens with zero attached hydrogens (tertiary/aromatic N) is 5. The first-order valence-corrected chi connectivity index (χ1v) is 10.6. The van der Waals surface area contributed by atoms with Crippen molar-refractivity contribution >= 4 is 42.7 Å². The van der Waals surface area contributed by atoms with E-state index in [0.29, 0.717) is 23.9 Å². The number of thiazole rings is 1. The summed E-state index contributed by atoms with van der Waals surface area (Å²) in [4.78, 5) is 18.3. The van der Waals surface area contributed by atoms with Crippen molar-refractivity contribution in [3.63, 3.8) is 0 Å². The van der Waals surface area contributed by atoms with Crippen molar-refractivity contribution in [2.75, 3.05) is 11.9 Å². The monoisotopic (exact) mass is 390 g/mol. The molecule has 1 aliphatic rings. The highest BCUT2D eigenvalue weighted by molar-refractivity contribution is 7.89. The summed E-state index contributed by atoms with van der Waals surface area (Å²) in [5.41, 5.74) is 2.49. The van der Waals surface area contributed by atoms with Crippen molar-refractivity contribution in [1.29, 1.82) is 0 Å². The van der Waals surface area contributed by atoms with Crippen LogP contribution >= 0.6 is 11.3 Å². The third-order valence-electron chi connectivity index (χ3n) is 4.31. The number of nitrogens with one attached hydrogen (secondary N) is 1. The lowest BCUT2D eigenvalue weighted by molar-refractivity contribution is 0.383. The summed E-state index contributed by atoms with van der Waals surface area (Å²) in [6, 6.07) is 3.74. The van der Waals surface area contributed by atoms with Crippen LogP contribution in [0.4, 0.5) is 10.9 Å². The highest BCUT2D eigenvalue weighted by atomic mass is 32.2. The van der Waals surface area contributed by atoms with Crippen LogP contribution in [0.15, 0.2) is 24.7 Å². The second kappa shape index (κ2) is 6.53. The Labute approximate surface area is 155 Å². The highest BCUT2D eigenvalue weighted by Gasteiger charge is 2.31. The van der Waals surface area contributed by atoms with E-state index in [1.54, 1.807) is 20.0 Å². The molecule has 0 fully saturated rings. The summed E-state index contributed by atoms with van der Waals surface area (Å²) < 4.78 is 26.6. The molecule has 1 aliphatic heterocycles. The van der Waals surface area contributed by atoms with Gasteiger partial charge >= 0.3 is 0 Å². The van der Waals surface area contributed by atoms with Gasteiger partial charge in [-0.15, -0.1) is 0 Å². The molecule has 3 aromatic heterocycles. The second-order valence-electron chi connectivity index (χ2n) is 6.30. The van der Waals surface area contributed by atoms with Crippen molar-refractivity contribution in [3.8, 4) is 0 Å². The quantitative estimate of drug-likeness (QED) is 0.729. The van der Waals surface area contributed by atoms with Crippen molar-refractivity contribution < 1.29 is 8.42 Å². The zero-order chi connectivity index (χ0) is 18.3. The van der Waals surface area contributed by atoms with E-state index >= 15 is 0 Å². The number of sulfonamides is 1. The second-order valence-corrected chi connectivity index (χ2v) is 9.76. The summed E-state index contributed by atoms with van der Waals surface area (Å²) in [7, 11) is -3.33. The van der Waals surface area contributed by atoms with E-state index in [9.17, 15) is 8.42 Å². The molecule has 4 heterocycles. The van der Waals surface area contributed by atoms with Crippen LogP contribution in [0.25, 0.3) is 10.3 Å². The van der Waals surface area contributed by atoms with Crippen molar-refractivity contribution in [3.05, 3.63) is 35.9 Å². The molecule has 0 bridgehead atoms. The van der Waals surface area contributed by atoms with E-state index in [2.05, 4.69) is 25.3 Å². The minimum Gasteiger partial charge on any atom is -0.316 e. The SMILES string of the molecule is CC(C)S(=O)(=O)N1CCc2ncnc(Nc3nc4cccnc4s3)c2C1. The standard InChI is InChI=1S/C16H18N6O2S2/c1-10(2)26(23,24)22-7-5-12-11(8-22)14(19-9-18-12)21-16-20-13-4-3-6-17-15(13)25-16/h3-4,6,9-10H,5,7-8H2,1-2H3,(H,18,19,20,21). The maximum Gasteiger partial charge on any atom is 0.216 e. The number of hydrogen-bond acceptors (Lipinski definition) is 8. The lowest BCUT2D eigenvalue weighted by Crippen LogP contribution is -2.40. The van der Waals surface area contributed by atoms with Gasteiger partial charge in [0, 0.05) is 31.3 Å². The Morgan fingerprint density at radius 1 is 1.27 bits per heavy atom. The van der Waals surface area contributed by atoms with Crippen LogP contribution in [0.1, 0.15) is 25.1 Å². The maximum atomic E-state index is 12.5. The molecule has 10 heteroatoms. The Hall–Kier alpha value is -2.17. The Kier molecular flexibility index (Phi) is 4.33. The molecule has 0 atom stereocenters. The fourth-order valence-electron chi connectivity index (χ4n) is 2.86. The largest absolute Gasteiger partial charge is 0.316 e. The molecular formula is C16H18N6O2S2. The van der Waals surface area contributed by atoms with E-state index in [1.807, 2.05) is 12.1 Å². The van der Waals surface area contributed by atoms with Gasteiger partial charge in [-0.25, -0.2) is 28.4 Å². The zero-order valence-electron chi connectivity index (χ0n) is 14.4. The smallest absolute Gasteiger partial charge is 0.216 e. The summed E-state index contributed by atoms with van der Waals surface area (Å²) in [5, 5.41) is 3.43. The normalized spacial score (nSPS) is 15.3. The molecule has 0 amide bonds. The fraction of sp³-hybridized carbons (Fsp3) is 0.375. The van der Waals surface area contributed by atoms with Gasteiger partial charge in [-0.2, -0.15) is 4.31 Å². The van der Waals surface area contributed by atoms with Crippen molar-refractivity contribution in [2.45, 2.75) is 32.1 Å². The summed E-state index contributed by atoms with van der Waals surface area (Å²) >= 11 is 1.43. The van der Waals surface area contributed by atoms with Gasteiger partial charge in [-0.05, 0) is 26.0 Å². The van der Waals surface area contributed by atoms with Crippen LogP contribution in [-0.2, 0) is 23.0 Å². The lowest BCUT2D eigenvalue weighted by Gasteiger charge is -2.29.